The lowest BCUT2D eigenvalue weighted by Gasteiger charge is -2.31. The number of nitrogens with zero attached hydrogens (tertiary/aromatic N) is 4. The number of fused-ring (bicyclic) bond motifs is 3. The van der Waals surface area contributed by atoms with Crippen molar-refractivity contribution in [3.8, 4) is 0 Å². The van der Waals surface area contributed by atoms with E-state index in [-0.39, 0.29) is 29.3 Å². The SMILES string of the molecule is CN1C(=O)C(=Cc2cn(Cc3cccc(C(F)(F)F)c3)c3ccccc23)C(=O)N(Cc2ccc3c(Cn4cc(C=C5C(=O)NC(=S)NC5=O)c5ccccc54)cccc3c2)C1=O. The fraction of sp³-hybridized carbons (Fsp3) is 0.106. The lowest BCUT2D eigenvalue weighted by Crippen LogP contribution is -2.54. The van der Waals surface area contributed by atoms with Crippen LogP contribution in [-0.4, -0.2) is 60.8 Å². The molecule has 2 fully saturated rings. The second-order valence-electron chi connectivity index (χ2n) is 15.0. The molecule has 6 amide bonds. The number of hydrogen-bond donors (Lipinski definition) is 2. The second-order valence-corrected chi connectivity index (χ2v) is 15.4. The monoisotopic (exact) mass is 850 g/mol. The highest BCUT2D eigenvalue weighted by molar-refractivity contribution is 7.80. The second kappa shape index (κ2) is 15.4. The quantitative estimate of drug-likeness (QED) is 0.0915. The molecule has 11 nitrogen and oxygen atoms in total. The minimum absolute atomic E-state index is 0.0491. The first-order chi connectivity index (χ1) is 29.7. The van der Waals surface area contributed by atoms with Crippen molar-refractivity contribution in [3.63, 3.8) is 0 Å². The fourth-order valence-corrected chi connectivity index (χ4v) is 8.23. The van der Waals surface area contributed by atoms with Gasteiger partial charge in [0.15, 0.2) is 5.11 Å². The summed E-state index contributed by atoms with van der Waals surface area (Å²) < 4.78 is 44.2. The van der Waals surface area contributed by atoms with Crippen LogP contribution in [0.5, 0.6) is 0 Å². The summed E-state index contributed by atoms with van der Waals surface area (Å²) in [5.41, 5.74) is 3.66. The van der Waals surface area contributed by atoms with E-state index >= 15 is 0 Å². The molecule has 2 saturated heterocycles. The third-order valence-corrected chi connectivity index (χ3v) is 11.2. The number of aromatic nitrogens is 2. The summed E-state index contributed by atoms with van der Waals surface area (Å²) in [4.78, 5) is 68.3. The fourth-order valence-electron chi connectivity index (χ4n) is 8.04. The number of para-hydroxylation sites is 2. The summed E-state index contributed by atoms with van der Waals surface area (Å²) in [5.74, 6) is -2.73. The molecule has 0 aliphatic carbocycles. The molecular formula is C47H33F3N6O5S. The highest BCUT2D eigenvalue weighted by atomic mass is 32.1. The molecule has 0 radical (unpaired) electrons. The molecule has 0 bridgehead atoms. The summed E-state index contributed by atoms with van der Waals surface area (Å²) in [6, 6.07) is 30.5. The van der Waals surface area contributed by atoms with Gasteiger partial charge in [0.2, 0.25) is 0 Å². The zero-order valence-corrected chi connectivity index (χ0v) is 33.5. The lowest BCUT2D eigenvalue weighted by molar-refractivity contribution is -0.138. The van der Waals surface area contributed by atoms with E-state index in [9.17, 15) is 37.1 Å². The molecule has 15 heteroatoms. The van der Waals surface area contributed by atoms with Gasteiger partial charge in [0, 0.05) is 65.5 Å². The van der Waals surface area contributed by atoms with Gasteiger partial charge in [0.25, 0.3) is 23.6 Å². The third kappa shape index (κ3) is 7.32. The average molecular weight is 851 g/mol. The van der Waals surface area contributed by atoms with Crippen LogP contribution in [0.1, 0.15) is 33.4 Å². The first kappa shape index (κ1) is 39.8. The number of alkyl halides is 3. The Kier molecular flexibility index (Phi) is 9.90. The van der Waals surface area contributed by atoms with Crippen molar-refractivity contribution in [2.45, 2.75) is 25.8 Å². The Bertz CT molecular complexity index is 3140. The molecule has 2 N–H and O–H groups in total. The molecule has 0 atom stereocenters. The maximum Gasteiger partial charge on any atom is 0.416 e. The van der Waals surface area contributed by atoms with Gasteiger partial charge in [-0.2, -0.15) is 13.2 Å². The molecule has 2 aliphatic heterocycles. The number of likely N-dealkylation sites (N-methyl/N-ethyl adjacent to an activating group) is 1. The Morgan fingerprint density at radius 2 is 1.21 bits per heavy atom. The number of carbonyl (C=O) groups excluding carboxylic acids is 5. The van der Waals surface area contributed by atoms with Crippen molar-refractivity contribution >= 4 is 91.7 Å². The number of amides is 6. The Balaban J connectivity index is 0.995. The summed E-state index contributed by atoms with van der Waals surface area (Å²) in [5, 5.41) is 8.14. The van der Waals surface area contributed by atoms with Gasteiger partial charge in [-0.1, -0.05) is 78.9 Å². The largest absolute Gasteiger partial charge is 0.416 e. The van der Waals surface area contributed by atoms with Gasteiger partial charge >= 0.3 is 12.2 Å². The topological polar surface area (TPSA) is 126 Å². The standard InChI is InChI=1S/C47H33F3N6O5S/c1-53-43(59)38(21-32-25-54(39-14-4-2-13-36(32)39)22-27-8-6-11-33(19-27)47(48,49)50)44(60)56(46(53)61)23-28-16-17-34-29(18-28)9-7-10-30(34)24-55-26-31(35-12-3-5-15-40(35)55)20-37-41(57)51-45(62)52-42(37)58/h2-21,25-26H,22-24H2,1H3,(H2,51,52,57,58,62). The zero-order valence-electron chi connectivity index (χ0n) is 32.7. The summed E-state index contributed by atoms with van der Waals surface area (Å²) in [6.45, 7) is 0.403. The highest BCUT2D eigenvalue weighted by Gasteiger charge is 2.40. The zero-order chi connectivity index (χ0) is 43.4. The predicted octanol–water partition coefficient (Wildman–Crippen LogP) is 7.78. The molecule has 0 unspecified atom stereocenters. The number of nitrogens with one attached hydrogen (secondary N) is 2. The number of urea groups is 1. The van der Waals surface area contributed by atoms with Gasteiger partial charge in [0.1, 0.15) is 11.1 Å². The van der Waals surface area contributed by atoms with E-state index in [1.165, 1.54) is 19.2 Å². The number of hydrogen-bond acceptors (Lipinski definition) is 6. The van der Waals surface area contributed by atoms with Gasteiger partial charge in [-0.3, -0.25) is 39.6 Å². The molecule has 308 valence electrons. The smallest absolute Gasteiger partial charge is 0.342 e. The van der Waals surface area contributed by atoms with Crippen molar-refractivity contribution in [2.75, 3.05) is 7.05 Å². The summed E-state index contributed by atoms with van der Waals surface area (Å²) in [6.07, 6.45) is 2.02. The number of carbonyl (C=O) groups is 5. The first-order valence-electron chi connectivity index (χ1n) is 19.3. The molecule has 2 aromatic heterocycles. The van der Waals surface area contributed by atoms with Crippen LogP contribution in [0.2, 0.25) is 0 Å². The molecule has 7 aromatic rings. The van der Waals surface area contributed by atoms with E-state index in [1.54, 1.807) is 47.2 Å². The minimum Gasteiger partial charge on any atom is -0.342 e. The molecule has 2 aliphatic rings. The molecule has 5 aromatic carbocycles. The van der Waals surface area contributed by atoms with Gasteiger partial charge in [-0.15, -0.1) is 0 Å². The van der Waals surface area contributed by atoms with Crippen LogP contribution >= 0.6 is 12.2 Å². The van der Waals surface area contributed by atoms with E-state index in [0.717, 1.165) is 49.2 Å². The van der Waals surface area contributed by atoms with Crippen molar-refractivity contribution in [1.29, 1.82) is 0 Å². The lowest BCUT2D eigenvalue weighted by atomic mass is 10.0. The molecule has 9 rings (SSSR count). The van der Waals surface area contributed by atoms with Crippen LogP contribution < -0.4 is 10.6 Å². The van der Waals surface area contributed by atoms with Crippen molar-refractivity contribution < 1.29 is 37.1 Å². The molecule has 0 saturated carbocycles. The van der Waals surface area contributed by atoms with E-state index in [4.69, 9.17) is 12.2 Å². The van der Waals surface area contributed by atoms with Gasteiger partial charge < -0.3 is 9.13 Å². The van der Waals surface area contributed by atoms with Gasteiger partial charge in [-0.25, -0.2) is 4.79 Å². The number of imide groups is 2. The van der Waals surface area contributed by atoms with Crippen LogP contribution in [0, 0.1) is 0 Å². The van der Waals surface area contributed by atoms with E-state index < -0.39 is 41.4 Å². The highest BCUT2D eigenvalue weighted by Crippen LogP contribution is 2.32. The number of barbiturate groups is 1. The molecule has 0 spiro atoms. The van der Waals surface area contributed by atoms with Crippen molar-refractivity contribution in [2.24, 2.45) is 0 Å². The van der Waals surface area contributed by atoms with Crippen LogP contribution in [0.4, 0.5) is 18.0 Å². The molecule has 4 heterocycles. The van der Waals surface area contributed by atoms with Crippen LogP contribution in [0.25, 0.3) is 44.7 Å². The number of thiocarbonyl (C=S) groups is 1. The predicted molar refractivity (Wildman–Crippen MR) is 231 cm³/mol. The van der Waals surface area contributed by atoms with Crippen LogP contribution in [0.15, 0.2) is 133 Å². The summed E-state index contributed by atoms with van der Waals surface area (Å²) in [7, 11) is 1.31. The van der Waals surface area contributed by atoms with Crippen molar-refractivity contribution in [3.05, 3.63) is 166 Å². The van der Waals surface area contributed by atoms with Gasteiger partial charge in [0.05, 0.1) is 12.1 Å². The maximum atomic E-state index is 14.1. The van der Waals surface area contributed by atoms with Gasteiger partial charge in [-0.05, 0) is 82.2 Å². The number of rotatable bonds is 8. The van der Waals surface area contributed by atoms with Crippen LogP contribution in [0.3, 0.4) is 0 Å². The first-order valence-corrected chi connectivity index (χ1v) is 19.7. The van der Waals surface area contributed by atoms with Crippen LogP contribution in [-0.2, 0) is 45.0 Å². The Hall–Kier alpha value is -7.65. The van der Waals surface area contributed by atoms with E-state index in [1.807, 2.05) is 71.4 Å². The Morgan fingerprint density at radius 3 is 1.87 bits per heavy atom. The van der Waals surface area contributed by atoms with E-state index in [0.29, 0.717) is 39.7 Å². The maximum absolute atomic E-state index is 14.1. The summed E-state index contributed by atoms with van der Waals surface area (Å²) >= 11 is 4.94. The average Bonchev–Trinajstić information content (AvgIpc) is 3.78. The Morgan fingerprint density at radius 1 is 0.613 bits per heavy atom. The van der Waals surface area contributed by atoms with Crippen molar-refractivity contribution in [1.82, 2.24) is 29.6 Å². The number of halogens is 3. The molecular weight excluding hydrogens is 818 g/mol. The number of benzene rings is 5. The molecule has 62 heavy (non-hydrogen) atoms. The normalized spacial score (nSPS) is 15.7. The minimum atomic E-state index is -4.50. The Labute approximate surface area is 356 Å². The van der Waals surface area contributed by atoms with E-state index in [2.05, 4.69) is 10.6 Å². The third-order valence-electron chi connectivity index (χ3n) is 11.0.